The maximum absolute atomic E-state index is 11.4. The fourth-order valence-corrected chi connectivity index (χ4v) is 1.14. The average Bonchev–Trinajstić information content (AvgIpc) is 2.65. The van der Waals surface area contributed by atoms with E-state index in [2.05, 4.69) is 10.3 Å². The third-order valence-electron chi connectivity index (χ3n) is 1.89. The number of methoxy groups -OCH3 is 1. The second kappa shape index (κ2) is 6.15. The first-order valence-corrected chi connectivity index (χ1v) is 4.64. The summed E-state index contributed by atoms with van der Waals surface area (Å²) < 4.78 is 6.40. The van der Waals surface area contributed by atoms with Crippen LogP contribution in [0.15, 0.2) is 12.4 Å². The number of rotatable bonds is 6. The lowest BCUT2D eigenvalue weighted by Gasteiger charge is -2.06. The third kappa shape index (κ3) is 3.69. The van der Waals surface area contributed by atoms with E-state index in [0.29, 0.717) is 19.0 Å². The Kier molecular flexibility index (Phi) is 4.79. The van der Waals surface area contributed by atoms with Crippen LogP contribution in [-0.4, -0.2) is 40.8 Å². The molecule has 0 bridgehead atoms. The van der Waals surface area contributed by atoms with Gasteiger partial charge in [0.1, 0.15) is 19.0 Å². The van der Waals surface area contributed by atoms with E-state index in [1.807, 2.05) is 0 Å². The number of carbonyl (C=O) groups is 1. The Morgan fingerprint density at radius 2 is 2.53 bits per heavy atom. The van der Waals surface area contributed by atoms with Crippen molar-refractivity contribution in [2.75, 3.05) is 20.3 Å². The number of hydrogen-bond donors (Lipinski definition) is 2. The topological polar surface area (TPSA) is 76.4 Å². The molecule has 0 fully saturated rings. The lowest BCUT2D eigenvalue weighted by Crippen LogP contribution is -2.30. The van der Waals surface area contributed by atoms with E-state index in [9.17, 15) is 4.79 Å². The zero-order valence-electron chi connectivity index (χ0n) is 8.64. The van der Waals surface area contributed by atoms with Crippen LogP contribution in [0.2, 0.25) is 0 Å². The predicted octanol–water partition coefficient (Wildman–Crippen LogP) is -0.862. The van der Waals surface area contributed by atoms with E-state index >= 15 is 0 Å². The highest BCUT2D eigenvalue weighted by molar-refractivity contribution is 5.75. The highest BCUT2D eigenvalue weighted by atomic mass is 16.5. The molecule has 0 aromatic carbocycles. The number of nitrogens with one attached hydrogen (secondary N) is 1. The molecule has 1 aromatic rings. The number of aromatic nitrogens is 2. The Morgan fingerprint density at radius 1 is 1.73 bits per heavy atom. The summed E-state index contributed by atoms with van der Waals surface area (Å²) in [5.74, 6) is 0.358. The summed E-state index contributed by atoms with van der Waals surface area (Å²) in [7, 11) is 1.58. The molecule has 0 saturated carbocycles. The van der Waals surface area contributed by atoms with Gasteiger partial charge in [-0.2, -0.15) is 0 Å². The van der Waals surface area contributed by atoms with Crippen molar-refractivity contribution in [2.45, 2.75) is 13.2 Å². The molecule has 0 aliphatic rings. The van der Waals surface area contributed by atoms with E-state index in [4.69, 9.17) is 9.84 Å². The Balaban J connectivity index is 2.37. The van der Waals surface area contributed by atoms with E-state index in [0.717, 1.165) is 0 Å². The summed E-state index contributed by atoms with van der Waals surface area (Å²) in [6.45, 7) is 0.971. The first-order chi connectivity index (χ1) is 7.27. The van der Waals surface area contributed by atoms with Gasteiger partial charge in [-0.25, -0.2) is 4.98 Å². The second-order valence-corrected chi connectivity index (χ2v) is 2.97. The Bertz CT molecular complexity index is 311. The van der Waals surface area contributed by atoms with Crippen molar-refractivity contribution in [2.24, 2.45) is 0 Å². The van der Waals surface area contributed by atoms with Gasteiger partial charge in [-0.05, 0) is 0 Å². The molecule has 1 rings (SSSR count). The molecule has 0 saturated heterocycles. The van der Waals surface area contributed by atoms with Crippen molar-refractivity contribution < 1.29 is 14.6 Å². The van der Waals surface area contributed by atoms with Gasteiger partial charge in [-0.1, -0.05) is 0 Å². The van der Waals surface area contributed by atoms with Crippen LogP contribution in [0.5, 0.6) is 0 Å². The molecule has 1 amide bonds. The molecule has 0 radical (unpaired) electrons. The van der Waals surface area contributed by atoms with Gasteiger partial charge in [0, 0.05) is 26.0 Å². The molecule has 1 heterocycles. The summed E-state index contributed by atoms with van der Waals surface area (Å²) in [4.78, 5) is 15.2. The SMILES string of the molecule is COCCNC(=O)Cn1ccnc1CO. The number of amides is 1. The number of hydrogen-bond acceptors (Lipinski definition) is 4. The summed E-state index contributed by atoms with van der Waals surface area (Å²) >= 11 is 0. The molecule has 6 heteroatoms. The van der Waals surface area contributed by atoms with Crippen LogP contribution in [0.1, 0.15) is 5.82 Å². The first-order valence-electron chi connectivity index (χ1n) is 4.64. The average molecular weight is 213 g/mol. The van der Waals surface area contributed by atoms with Crippen LogP contribution in [0.25, 0.3) is 0 Å². The third-order valence-corrected chi connectivity index (χ3v) is 1.89. The van der Waals surface area contributed by atoms with E-state index < -0.39 is 0 Å². The smallest absolute Gasteiger partial charge is 0.240 e. The van der Waals surface area contributed by atoms with Gasteiger partial charge in [-0.15, -0.1) is 0 Å². The van der Waals surface area contributed by atoms with E-state index in [-0.39, 0.29) is 19.1 Å². The minimum atomic E-state index is -0.168. The Hall–Kier alpha value is -1.40. The van der Waals surface area contributed by atoms with Crippen LogP contribution < -0.4 is 5.32 Å². The van der Waals surface area contributed by atoms with Crippen LogP contribution >= 0.6 is 0 Å². The highest BCUT2D eigenvalue weighted by Crippen LogP contribution is 1.96. The van der Waals surface area contributed by atoms with Gasteiger partial charge in [0.15, 0.2) is 0 Å². The number of aliphatic hydroxyl groups is 1. The van der Waals surface area contributed by atoms with Gasteiger partial charge < -0.3 is 19.7 Å². The largest absolute Gasteiger partial charge is 0.388 e. The molecule has 84 valence electrons. The summed E-state index contributed by atoms with van der Waals surface area (Å²) in [6.07, 6.45) is 3.20. The van der Waals surface area contributed by atoms with Crippen molar-refractivity contribution in [3.05, 3.63) is 18.2 Å². The molecule has 6 nitrogen and oxygen atoms in total. The predicted molar refractivity (Wildman–Crippen MR) is 53.0 cm³/mol. The zero-order valence-corrected chi connectivity index (χ0v) is 8.64. The fraction of sp³-hybridized carbons (Fsp3) is 0.556. The molecule has 2 N–H and O–H groups in total. The van der Waals surface area contributed by atoms with Crippen LogP contribution in [0.4, 0.5) is 0 Å². The fourth-order valence-electron chi connectivity index (χ4n) is 1.14. The Morgan fingerprint density at radius 3 is 3.20 bits per heavy atom. The second-order valence-electron chi connectivity index (χ2n) is 2.97. The lowest BCUT2D eigenvalue weighted by atomic mass is 10.5. The molecule has 1 aromatic heterocycles. The highest BCUT2D eigenvalue weighted by Gasteiger charge is 2.05. The standard InChI is InChI=1S/C9H15N3O3/c1-15-5-3-11-9(14)6-12-4-2-10-8(12)7-13/h2,4,13H,3,5-7H2,1H3,(H,11,14). The summed E-state index contributed by atoms with van der Waals surface area (Å²) in [6, 6.07) is 0. The zero-order chi connectivity index (χ0) is 11.1. The van der Waals surface area contributed by atoms with Crippen molar-refractivity contribution in [1.82, 2.24) is 14.9 Å². The van der Waals surface area contributed by atoms with Gasteiger partial charge in [-0.3, -0.25) is 4.79 Å². The quantitative estimate of drug-likeness (QED) is 0.603. The minimum absolute atomic E-state index is 0.125. The minimum Gasteiger partial charge on any atom is -0.388 e. The van der Waals surface area contributed by atoms with Crippen molar-refractivity contribution in [3.8, 4) is 0 Å². The van der Waals surface area contributed by atoms with Crippen LogP contribution in [0.3, 0.4) is 0 Å². The molecule has 0 atom stereocenters. The normalized spacial score (nSPS) is 10.3. The number of imidazole rings is 1. The molecule has 0 aliphatic carbocycles. The molecule has 0 aliphatic heterocycles. The number of aliphatic hydroxyl groups excluding tert-OH is 1. The van der Waals surface area contributed by atoms with Crippen molar-refractivity contribution in [1.29, 1.82) is 0 Å². The molecule has 15 heavy (non-hydrogen) atoms. The molecular weight excluding hydrogens is 198 g/mol. The summed E-state index contributed by atoms with van der Waals surface area (Å²) in [5, 5.41) is 11.6. The van der Waals surface area contributed by atoms with Crippen LogP contribution in [-0.2, 0) is 22.7 Å². The summed E-state index contributed by atoms with van der Waals surface area (Å²) in [5.41, 5.74) is 0. The molecular formula is C9H15N3O3. The van der Waals surface area contributed by atoms with Crippen molar-refractivity contribution in [3.63, 3.8) is 0 Å². The van der Waals surface area contributed by atoms with Gasteiger partial charge in [0.25, 0.3) is 0 Å². The molecule has 0 unspecified atom stereocenters. The monoisotopic (exact) mass is 213 g/mol. The first kappa shape index (κ1) is 11.7. The lowest BCUT2D eigenvalue weighted by molar-refractivity contribution is -0.121. The Labute approximate surface area is 87.9 Å². The van der Waals surface area contributed by atoms with E-state index in [1.165, 1.54) is 0 Å². The number of ether oxygens (including phenoxy) is 1. The van der Waals surface area contributed by atoms with E-state index in [1.54, 1.807) is 24.1 Å². The molecule has 0 spiro atoms. The number of carbonyl (C=O) groups excluding carboxylic acids is 1. The van der Waals surface area contributed by atoms with Crippen LogP contribution in [0, 0.1) is 0 Å². The number of nitrogens with zero attached hydrogens (tertiary/aromatic N) is 2. The van der Waals surface area contributed by atoms with Gasteiger partial charge >= 0.3 is 0 Å². The van der Waals surface area contributed by atoms with Gasteiger partial charge in [0.2, 0.25) is 5.91 Å². The van der Waals surface area contributed by atoms with Crippen molar-refractivity contribution >= 4 is 5.91 Å². The van der Waals surface area contributed by atoms with Gasteiger partial charge in [0.05, 0.1) is 6.61 Å². The maximum atomic E-state index is 11.4. The maximum Gasteiger partial charge on any atom is 0.240 e.